The lowest BCUT2D eigenvalue weighted by Gasteiger charge is -2.56. The third kappa shape index (κ3) is 1.95. The number of nitrogens with one attached hydrogen (secondary N) is 1. The van der Waals surface area contributed by atoms with E-state index in [1.54, 1.807) is 13.0 Å². The number of aryl methyl sites for hydroxylation is 1. The van der Waals surface area contributed by atoms with Crippen LogP contribution in [0.3, 0.4) is 0 Å². The lowest BCUT2D eigenvalue weighted by molar-refractivity contribution is -0.0189. The third-order valence-corrected chi connectivity index (χ3v) is 5.63. The highest BCUT2D eigenvalue weighted by Gasteiger charge is 2.47. The van der Waals surface area contributed by atoms with Gasteiger partial charge in [0.1, 0.15) is 5.82 Å². The predicted octanol–water partition coefficient (Wildman–Crippen LogP) is 3.56. The Kier molecular flexibility index (Phi) is 2.98. The van der Waals surface area contributed by atoms with Gasteiger partial charge in [-0.2, -0.15) is 0 Å². The maximum Gasteiger partial charge on any atom is 0.177 e. The SMILES string of the molecule is Cc1cc2onc(N[C@@H]3C4CCN(CC4)C3(C)C)c2cc1F. The van der Waals surface area contributed by atoms with E-state index >= 15 is 0 Å². The number of nitrogens with zero attached hydrogens (tertiary/aromatic N) is 2. The summed E-state index contributed by atoms with van der Waals surface area (Å²) in [5, 5.41) is 8.44. The van der Waals surface area contributed by atoms with E-state index in [0.717, 1.165) is 5.39 Å². The first-order chi connectivity index (χ1) is 10.5. The molecule has 4 nitrogen and oxygen atoms in total. The van der Waals surface area contributed by atoms with Crippen LogP contribution in [0.15, 0.2) is 16.7 Å². The second kappa shape index (κ2) is 4.69. The Morgan fingerprint density at radius 3 is 2.73 bits per heavy atom. The van der Waals surface area contributed by atoms with Crippen molar-refractivity contribution in [2.75, 3.05) is 18.4 Å². The molecule has 0 unspecified atom stereocenters. The molecule has 3 aliphatic rings. The van der Waals surface area contributed by atoms with Crippen LogP contribution in [0, 0.1) is 18.7 Å². The van der Waals surface area contributed by atoms with Gasteiger partial charge < -0.3 is 9.84 Å². The van der Waals surface area contributed by atoms with E-state index in [4.69, 9.17) is 4.52 Å². The Morgan fingerprint density at radius 2 is 2.05 bits per heavy atom. The van der Waals surface area contributed by atoms with Crippen LogP contribution in [0.4, 0.5) is 10.2 Å². The molecule has 22 heavy (non-hydrogen) atoms. The van der Waals surface area contributed by atoms with Crippen LogP contribution in [0.5, 0.6) is 0 Å². The van der Waals surface area contributed by atoms with Crippen molar-refractivity contribution in [3.8, 4) is 0 Å². The molecule has 5 rings (SSSR count). The topological polar surface area (TPSA) is 41.3 Å². The summed E-state index contributed by atoms with van der Waals surface area (Å²) >= 11 is 0. The van der Waals surface area contributed by atoms with Gasteiger partial charge >= 0.3 is 0 Å². The molecular weight excluding hydrogens is 281 g/mol. The Hall–Kier alpha value is -1.62. The van der Waals surface area contributed by atoms with Gasteiger partial charge in [-0.3, -0.25) is 4.90 Å². The molecule has 1 aromatic heterocycles. The molecule has 5 heteroatoms. The summed E-state index contributed by atoms with van der Waals surface area (Å²) in [4.78, 5) is 2.54. The van der Waals surface area contributed by atoms with Crippen molar-refractivity contribution in [1.82, 2.24) is 10.1 Å². The second-order valence-corrected chi connectivity index (χ2v) is 7.23. The Labute approximate surface area is 129 Å². The van der Waals surface area contributed by atoms with Gasteiger partial charge in [0, 0.05) is 11.6 Å². The fourth-order valence-electron chi connectivity index (χ4n) is 4.19. The minimum absolute atomic E-state index is 0.0790. The summed E-state index contributed by atoms with van der Waals surface area (Å²) in [5.41, 5.74) is 1.30. The maximum atomic E-state index is 13.9. The number of halogens is 1. The molecule has 118 valence electrons. The molecular formula is C17H22FN3O. The largest absolute Gasteiger partial charge is 0.362 e. The van der Waals surface area contributed by atoms with E-state index in [1.165, 1.54) is 32.0 Å². The molecule has 2 bridgehead atoms. The van der Waals surface area contributed by atoms with E-state index in [0.29, 0.717) is 28.9 Å². The van der Waals surface area contributed by atoms with Crippen molar-refractivity contribution in [3.63, 3.8) is 0 Å². The van der Waals surface area contributed by atoms with E-state index < -0.39 is 0 Å². The van der Waals surface area contributed by atoms with Crippen LogP contribution in [0.1, 0.15) is 32.3 Å². The molecule has 2 aromatic rings. The average Bonchev–Trinajstić information content (AvgIpc) is 2.86. The van der Waals surface area contributed by atoms with Crippen LogP contribution < -0.4 is 5.32 Å². The molecule has 0 aliphatic carbocycles. The Balaban J connectivity index is 1.70. The van der Waals surface area contributed by atoms with Crippen molar-refractivity contribution in [1.29, 1.82) is 0 Å². The zero-order valence-electron chi connectivity index (χ0n) is 13.3. The third-order valence-electron chi connectivity index (χ3n) is 5.63. The summed E-state index contributed by atoms with van der Waals surface area (Å²) < 4.78 is 19.3. The van der Waals surface area contributed by atoms with Gasteiger partial charge in [0.15, 0.2) is 11.4 Å². The van der Waals surface area contributed by atoms with Gasteiger partial charge in [-0.05, 0) is 70.3 Å². The average molecular weight is 303 g/mol. The number of benzene rings is 1. The number of piperidine rings is 3. The molecule has 1 aromatic carbocycles. The molecule has 1 N–H and O–H groups in total. The smallest absolute Gasteiger partial charge is 0.177 e. The first-order valence-corrected chi connectivity index (χ1v) is 8.04. The molecule has 3 aliphatic heterocycles. The second-order valence-electron chi connectivity index (χ2n) is 7.23. The summed E-state index contributed by atoms with van der Waals surface area (Å²) in [6.07, 6.45) is 2.43. The number of hydrogen-bond acceptors (Lipinski definition) is 4. The number of fused-ring (bicyclic) bond motifs is 4. The normalized spacial score (nSPS) is 29.9. The van der Waals surface area contributed by atoms with Crippen molar-refractivity contribution >= 4 is 16.8 Å². The van der Waals surface area contributed by atoms with E-state index in [-0.39, 0.29) is 11.4 Å². The van der Waals surface area contributed by atoms with Gasteiger partial charge in [-0.25, -0.2) is 4.39 Å². The molecule has 0 saturated carbocycles. The molecule has 3 fully saturated rings. The minimum atomic E-state index is -0.216. The van der Waals surface area contributed by atoms with Crippen LogP contribution >= 0.6 is 0 Å². The predicted molar refractivity (Wildman–Crippen MR) is 84.5 cm³/mol. The van der Waals surface area contributed by atoms with Crippen molar-refractivity contribution in [3.05, 3.63) is 23.5 Å². The summed E-state index contributed by atoms with van der Waals surface area (Å²) in [6, 6.07) is 3.55. The van der Waals surface area contributed by atoms with E-state index in [2.05, 4.69) is 29.2 Å². The Bertz CT molecular complexity index is 716. The minimum Gasteiger partial charge on any atom is -0.362 e. The van der Waals surface area contributed by atoms with E-state index in [1.807, 2.05) is 0 Å². The zero-order chi connectivity index (χ0) is 15.5. The van der Waals surface area contributed by atoms with E-state index in [9.17, 15) is 4.39 Å². The lowest BCUT2D eigenvalue weighted by Crippen LogP contribution is -2.66. The standard InChI is InChI=1S/C17H22FN3O/c1-10-8-14-12(9-13(10)18)16(20-22-14)19-15-11-4-6-21(7-5-11)17(15,2)3/h8-9,11,15H,4-7H2,1-3H3,(H,19,20)/t15-/m1/s1. The van der Waals surface area contributed by atoms with Crippen LogP contribution in [0.25, 0.3) is 11.0 Å². The fraction of sp³-hybridized carbons (Fsp3) is 0.588. The number of hydrogen-bond donors (Lipinski definition) is 1. The van der Waals surface area contributed by atoms with Gasteiger partial charge in [0.05, 0.1) is 5.39 Å². The molecule has 0 spiro atoms. The quantitative estimate of drug-likeness (QED) is 0.921. The van der Waals surface area contributed by atoms with Crippen molar-refractivity contribution in [2.45, 2.75) is 45.2 Å². The number of rotatable bonds is 2. The monoisotopic (exact) mass is 303 g/mol. The lowest BCUT2D eigenvalue weighted by atomic mass is 9.72. The molecule has 0 radical (unpaired) electrons. The summed E-state index contributed by atoms with van der Waals surface area (Å²) in [7, 11) is 0. The molecule has 3 saturated heterocycles. The van der Waals surface area contributed by atoms with Crippen molar-refractivity contribution in [2.24, 2.45) is 5.92 Å². The number of aromatic nitrogens is 1. The maximum absolute atomic E-state index is 13.9. The highest BCUT2D eigenvalue weighted by Crippen LogP contribution is 2.41. The van der Waals surface area contributed by atoms with Crippen LogP contribution in [0.2, 0.25) is 0 Å². The fourth-order valence-corrected chi connectivity index (χ4v) is 4.19. The number of anilines is 1. The summed E-state index contributed by atoms with van der Waals surface area (Å²) in [6.45, 7) is 8.64. The Morgan fingerprint density at radius 1 is 1.32 bits per heavy atom. The van der Waals surface area contributed by atoms with Gasteiger partial charge in [0.2, 0.25) is 0 Å². The first-order valence-electron chi connectivity index (χ1n) is 8.04. The summed E-state index contributed by atoms with van der Waals surface area (Å²) in [5.74, 6) is 1.09. The first kappa shape index (κ1) is 14.0. The highest BCUT2D eigenvalue weighted by atomic mass is 19.1. The van der Waals surface area contributed by atoms with Crippen LogP contribution in [-0.4, -0.2) is 34.7 Å². The molecule has 1 atom stereocenters. The van der Waals surface area contributed by atoms with Crippen molar-refractivity contribution < 1.29 is 8.91 Å². The molecule has 4 heterocycles. The van der Waals surface area contributed by atoms with Gasteiger partial charge in [-0.1, -0.05) is 5.16 Å². The zero-order valence-corrected chi connectivity index (χ0v) is 13.3. The van der Waals surface area contributed by atoms with Gasteiger partial charge in [-0.15, -0.1) is 0 Å². The van der Waals surface area contributed by atoms with Crippen LogP contribution in [-0.2, 0) is 0 Å². The highest BCUT2D eigenvalue weighted by molar-refractivity contribution is 5.88. The van der Waals surface area contributed by atoms with Gasteiger partial charge in [0.25, 0.3) is 0 Å². The molecule has 0 amide bonds.